The van der Waals surface area contributed by atoms with Crippen LogP contribution in [0.2, 0.25) is 0 Å². The maximum atomic E-state index is 13.2. The van der Waals surface area contributed by atoms with Gasteiger partial charge in [-0.15, -0.1) is 0 Å². The lowest BCUT2D eigenvalue weighted by atomic mass is 10.0. The standard InChI is InChI=1S/C24H23FO/c25-23-17-15-22(16-18-23)24(21-13-7-2-8-14-21)26-19-9-3-6-12-20-10-4-1-5-11-20/h1-2,4-8,10-18,24H,3,9,19H2. The highest BCUT2D eigenvalue weighted by Crippen LogP contribution is 2.26. The van der Waals surface area contributed by atoms with Crippen molar-refractivity contribution in [1.29, 1.82) is 0 Å². The van der Waals surface area contributed by atoms with E-state index in [4.69, 9.17) is 4.74 Å². The molecule has 2 heteroatoms. The van der Waals surface area contributed by atoms with Gasteiger partial charge in [0.1, 0.15) is 11.9 Å². The van der Waals surface area contributed by atoms with Crippen molar-refractivity contribution >= 4 is 6.08 Å². The van der Waals surface area contributed by atoms with Crippen molar-refractivity contribution in [2.75, 3.05) is 6.61 Å². The van der Waals surface area contributed by atoms with Crippen LogP contribution in [-0.4, -0.2) is 6.61 Å². The number of hydrogen-bond donors (Lipinski definition) is 0. The van der Waals surface area contributed by atoms with Crippen molar-refractivity contribution in [1.82, 2.24) is 0 Å². The van der Waals surface area contributed by atoms with Crippen LogP contribution in [0.3, 0.4) is 0 Å². The minimum absolute atomic E-state index is 0.171. The predicted molar refractivity (Wildman–Crippen MR) is 105 cm³/mol. The third-order valence-corrected chi connectivity index (χ3v) is 4.18. The van der Waals surface area contributed by atoms with E-state index in [1.807, 2.05) is 48.5 Å². The molecule has 0 radical (unpaired) electrons. The topological polar surface area (TPSA) is 9.23 Å². The minimum Gasteiger partial charge on any atom is -0.369 e. The predicted octanol–water partition coefficient (Wildman–Crippen LogP) is 6.43. The van der Waals surface area contributed by atoms with E-state index < -0.39 is 0 Å². The molecule has 0 N–H and O–H groups in total. The Morgan fingerprint density at radius 1 is 0.769 bits per heavy atom. The first kappa shape index (κ1) is 18.1. The summed E-state index contributed by atoms with van der Waals surface area (Å²) in [5.74, 6) is -0.230. The lowest BCUT2D eigenvalue weighted by molar-refractivity contribution is 0.0787. The molecule has 0 saturated heterocycles. The Morgan fingerprint density at radius 2 is 1.38 bits per heavy atom. The van der Waals surface area contributed by atoms with Crippen molar-refractivity contribution < 1.29 is 9.13 Å². The van der Waals surface area contributed by atoms with Gasteiger partial charge in [0.25, 0.3) is 0 Å². The Hall–Kier alpha value is -2.71. The third-order valence-electron chi connectivity index (χ3n) is 4.18. The van der Waals surface area contributed by atoms with Crippen LogP contribution in [0.15, 0.2) is 91.0 Å². The molecular formula is C24H23FO. The van der Waals surface area contributed by atoms with Crippen LogP contribution >= 0.6 is 0 Å². The summed E-state index contributed by atoms with van der Waals surface area (Å²) in [6, 6.07) is 26.9. The average molecular weight is 346 g/mol. The Labute approximate surface area is 154 Å². The molecule has 1 unspecified atom stereocenters. The summed E-state index contributed by atoms with van der Waals surface area (Å²) in [5, 5.41) is 0. The van der Waals surface area contributed by atoms with Crippen LogP contribution in [0.1, 0.15) is 35.6 Å². The van der Waals surface area contributed by atoms with E-state index in [9.17, 15) is 4.39 Å². The fourth-order valence-electron chi connectivity index (χ4n) is 2.84. The number of halogens is 1. The molecule has 26 heavy (non-hydrogen) atoms. The molecule has 0 aliphatic heterocycles. The number of benzene rings is 3. The van der Waals surface area contributed by atoms with Gasteiger partial charge in [0.2, 0.25) is 0 Å². The number of hydrogen-bond acceptors (Lipinski definition) is 1. The first-order chi connectivity index (χ1) is 12.8. The maximum Gasteiger partial charge on any atom is 0.123 e. The Bertz CT molecular complexity index is 795. The highest BCUT2D eigenvalue weighted by atomic mass is 19.1. The lowest BCUT2D eigenvalue weighted by Gasteiger charge is -2.19. The Balaban J connectivity index is 1.56. The third kappa shape index (κ3) is 5.40. The molecule has 0 amide bonds. The van der Waals surface area contributed by atoms with Crippen LogP contribution in [0.4, 0.5) is 4.39 Å². The summed E-state index contributed by atoms with van der Waals surface area (Å²) in [4.78, 5) is 0. The van der Waals surface area contributed by atoms with Gasteiger partial charge in [-0.2, -0.15) is 0 Å². The molecule has 0 saturated carbocycles. The summed E-state index contributed by atoms with van der Waals surface area (Å²) >= 11 is 0. The maximum absolute atomic E-state index is 13.2. The number of unbranched alkanes of at least 4 members (excludes halogenated alkanes) is 1. The Morgan fingerprint density at radius 3 is 2.08 bits per heavy atom. The molecule has 0 fully saturated rings. The monoisotopic (exact) mass is 346 g/mol. The molecule has 1 nitrogen and oxygen atoms in total. The SMILES string of the molecule is Fc1ccc(C(OCCCC=Cc2ccccc2)c2ccccc2)cc1. The van der Waals surface area contributed by atoms with E-state index in [1.54, 1.807) is 12.1 Å². The van der Waals surface area contributed by atoms with Gasteiger partial charge >= 0.3 is 0 Å². The van der Waals surface area contributed by atoms with Crippen LogP contribution < -0.4 is 0 Å². The summed E-state index contributed by atoms with van der Waals surface area (Å²) < 4.78 is 19.4. The van der Waals surface area contributed by atoms with Gasteiger partial charge in [-0.25, -0.2) is 4.39 Å². The van der Waals surface area contributed by atoms with E-state index in [0.717, 1.165) is 24.0 Å². The molecule has 0 heterocycles. The van der Waals surface area contributed by atoms with Crippen LogP contribution in [0, 0.1) is 5.82 Å². The molecular weight excluding hydrogens is 323 g/mol. The number of rotatable bonds is 8. The smallest absolute Gasteiger partial charge is 0.123 e. The summed E-state index contributed by atoms with van der Waals surface area (Å²) in [5.41, 5.74) is 3.26. The first-order valence-corrected chi connectivity index (χ1v) is 8.96. The molecule has 3 aromatic rings. The number of ether oxygens (including phenoxy) is 1. The van der Waals surface area contributed by atoms with E-state index in [1.165, 1.54) is 17.7 Å². The van der Waals surface area contributed by atoms with Crippen LogP contribution in [0.5, 0.6) is 0 Å². The second-order valence-electron chi connectivity index (χ2n) is 6.17. The van der Waals surface area contributed by atoms with Gasteiger partial charge in [0.15, 0.2) is 0 Å². The number of allylic oxidation sites excluding steroid dienone is 1. The second kappa shape index (κ2) is 9.69. The van der Waals surface area contributed by atoms with Gasteiger partial charge in [-0.3, -0.25) is 0 Å². The van der Waals surface area contributed by atoms with Crippen molar-refractivity contribution in [3.05, 3.63) is 114 Å². The van der Waals surface area contributed by atoms with Crippen LogP contribution in [0.25, 0.3) is 6.08 Å². The highest BCUT2D eigenvalue weighted by molar-refractivity contribution is 5.48. The van der Waals surface area contributed by atoms with E-state index >= 15 is 0 Å². The summed E-state index contributed by atoms with van der Waals surface area (Å²) in [7, 11) is 0. The zero-order chi connectivity index (χ0) is 18.0. The summed E-state index contributed by atoms with van der Waals surface area (Å²) in [6.45, 7) is 0.649. The van der Waals surface area contributed by atoms with Gasteiger partial charge in [-0.05, 0) is 41.7 Å². The molecule has 3 aromatic carbocycles. The van der Waals surface area contributed by atoms with E-state index in [2.05, 4.69) is 24.3 Å². The molecule has 0 aromatic heterocycles. The van der Waals surface area contributed by atoms with Crippen molar-refractivity contribution in [2.24, 2.45) is 0 Å². The minimum atomic E-state index is -0.230. The highest BCUT2D eigenvalue weighted by Gasteiger charge is 2.14. The van der Waals surface area contributed by atoms with Crippen molar-refractivity contribution in [3.8, 4) is 0 Å². The van der Waals surface area contributed by atoms with Gasteiger partial charge < -0.3 is 4.74 Å². The van der Waals surface area contributed by atoms with E-state index in [-0.39, 0.29) is 11.9 Å². The molecule has 0 spiro atoms. The fraction of sp³-hybridized carbons (Fsp3) is 0.167. The summed E-state index contributed by atoms with van der Waals surface area (Å²) in [6.07, 6.45) is 6.03. The molecule has 0 bridgehead atoms. The Kier molecular flexibility index (Phi) is 6.74. The largest absolute Gasteiger partial charge is 0.369 e. The molecule has 3 rings (SSSR count). The van der Waals surface area contributed by atoms with Gasteiger partial charge in [-0.1, -0.05) is 84.9 Å². The van der Waals surface area contributed by atoms with Crippen molar-refractivity contribution in [3.63, 3.8) is 0 Å². The van der Waals surface area contributed by atoms with Crippen molar-refractivity contribution in [2.45, 2.75) is 18.9 Å². The first-order valence-electron chi connectivity index (χ1n) is 8.96. The molecule has 0 aliphatic rings. The van der Waals surface area contributed by atoms with E-state index in [0.29, 0.717) is 6.61 Å². The zero-order valence-electron chi connectivity index (χ0n) is 14.7. The average Bonchev–Trinajstić information content (AvgIpc) is 2.70. The zero-order valence-corrected chi connectivity index (χ0v) is 14.7. The molecule has 0 aliphatic carbocycles. The van der Waals surface area contributed by atoms with Gasteiger partial charge in [0, 0.05) is 6.61 Å². The van der Waals surface area contributed by atoms with Gasteiger partial charge in [0.05, 0.1) is 0 Å². The molecule has 132 valence electrons. The fourth-order valence-corrected chi connectivity index (χ4v) is 2.84. The normalized spacial score (nSPS) is 12.3. The lowest BCUT2D eigenvalue weighted by Crippen LogP contribution is -2.07. The second-order valence-corrected chi connectivity index (χ2v) is 6.17. The molecule has 1 atom stereocenters. The van der Waals surface area contributed by atoms with Crippen LogP contribution in [-0.2, 0) is 4.74 Å². The quantitative estimate of drug-likeness (QED) is 0.427.